The Morgan fingerprint density at radius 3 is 2.72 bits per heavy atom. The topological polar surface area (TPSA) is 182 Å². The molecule has 0 aliphatic rings. The van der Waals surface area contributed by atoms with Crippen molar-refractivity contribution in [2.75, 3.05) is 23.1 Å². The molecule has 0 unspecified atom stereocenters. The van der Waals surface area contributed by atoms with Crippen molar-refractivity contribution in [3.05, 3.63) is 62.3 Å². The van der Waals surface area contributed by atoms with Crippen molar-refractivity contribution in [3.63, 3.8) is 0 Å². The van der Waals surface area contributed by atoms with Crippen LogP contribution in [0.25, 0.3) is 0 Å². The van der Waals surface area contributed by atoms with Gasteiger partial charge < -0.3 is 16.3 Å². The molecule has 3 aromatic heterocycles. The minimum absolute atomic E-state index is 0.0215. The number of hydrogen-bond donors (Lipinski definition) is 5. The van der Waals surface area contributed by atoms with Gasteiger partial charge >= 0.3 is 5.97 Å². The van der Waals surface area contributed by atoms with E-state index in [0.717, 1.165) is 0 Å². The van der Waals surface area contributed by atoms with Crippen LogP contribution < -0.4 is 16.6 Å². The highest BCUT2D eigenvalue weighted by atomic mass is 35.5. The number of amides is 1. The molecule has 0 spiro atoms. The number of nitrogen functional groups attached to an aromatic ring is 1. The van der Waals surface area contributed by atoms with Crippen molar-refractivity contribution >= 4 is 63.9 Å². The van der Waals surface area contributed by atoms with Gasteiger partial charge in [-0.15, -0.1) is 21.5 Å². The molecule has 13 nitrogen and oxygen atoms in total. The van der Waals surface area contributed by atoms with E-state index in [4.69, 9.17) is 34.8 Å². The van der Waals surface area contributed by atoms with Gasteiger partial charge in [0.2, 0.25) is 9.93 Å². The first kappa shape index (κ1) is 25.6. The summed E-state index contributed by atoms with van der Waals surface area (Å²) in [6, 6.07) is 6.46. The number of aromatic amines is 1. The summed E-state index contributed by atoms with van der Waals surface area (Å²) in [4.78, 5) is 28.1. The molecule has 0 atom stereocenters. The highest BCUT2D eigenvalue weighted by Gasteiger charge is 2.19. The van der Waals surface area contributed by atoms with Crippen LogP contribution in [0.5, 0.6) is 0 Å². The summed E-state index contributed by atoms with van der Waals surface area (Å²) >= 11 is 13.6. The predicted molar refractivity (Wildman–Crippen MR) is 138 cm³/mol. The number of thioether (sulfide) groups is 1. The van der Waals surface area contributed by atoms with Gasteiger partial charge in [-0.2, -0.15) is 5.10 Å². The number of benzene rings is 1. The second-order valence-corrected chi connectivity index (χ2v) is 9.80. The van der Waals surface area contributed by atoms with E-state index in [0.29, 0.717) is 44.0 Å². The molecular formula is C19H19ClN10O3S3. The van der Waals surface area contributed by atoms with E-state index in [1.165, 1.54) is 32.5 Å². The Bertz CT molecular complexity index is 1430. The van der Waals surface area contributed by atoms with E-state index in [1.54, 1.807) is 24.3 Å². The van der Waals surface area contributed by atoms with Crippen LogP contribution in [0.1, 0.15) is 34.1 Å². The lowest BCUT2D eigenvalue weighted by atomic mass is 10.2. The van der Waals surface area contributed by atoms with Gasteiger partial charge in [0.15, 0.2) is 16.8 Å². The lowest BCUT2D eigenvalue weighted by Gasteiger charge is -2.11. The minimum Gasteiger partial charge on any atom is -0.481 e. The van der Waals surface area contributed by atoms with E-state index in [-0.39, 0.29) is 30.1 Å². The summed E-state index contributed by atoms with van der Waals surface area (Å²) in [7, 11) is 0. The van der Waals surface area contributed by atoms with Crippen molar-refractivity contribution < 1.29 is 14.7 Å². The smallest absolute Gasteiger partial charge is 0.305 e. The van der Waals surface area contributed by atoms with Gasteiger partial charge in [0, 0.05) is 22.5 Å². The monoisotopic (exact) mass is 566 g/mol. The quantitative estimate of drug-likeness (QED) is 0.102. The van der Waals surface area contributed by atoms with Gasteiger partial charge in [0.25, 0.3) is 5.91 Å². The minimum atomic E-state index is -0.896. The molecule has 0 bridgehead atoms. The summed E-state index contributed by atoms with van der Waals surface area (Å²) in [6.07, 6.45) is 0.244. The van der Waals surface area contributed by atoms with Crippen LogP contribution in [0.4, 0.5) is 5.13 Å². The Morgan fingerprint density at radius 2 is 2.03 bits per heavy atom. The molecule has 4 rings (SSSR count). The number of aliphatic carboxylic acids is 1. The molecule has 36 heavy (non-hydrogen) atoms. The fraction of sp³-hybridized carbons (Fsp3) is 0.211. The predicted octanol–water partition coefficient (Wildman–Crippen LogP) is 2.51. The Labute approximate surface area is 222 Å². The van der Waals surface area contributed by atoms with Crippen molar-refractivity contribution in [1.29, 1.82) is 0 Å². The number of carboxylic acid groups (broad SMARTS) is 1. The third-order valence-corrected chi connectivity index (χ3v) is 6.95. The molecule has 0 radical (unpaired) electrons. The number of carbonyl (C=O) groups excluding carboxylic acids is 1. The third kappa shape index (κ3) is 6.39. The standard InChI is InChI=1S/C19H19ClN10O3S3/c20-11-3-1-10(2-4-11)16(33)28-30-13(7-12-8-35-17(23-12)22-6-5-15(31)32)24-27-19(30)36-9-14-25-26-18(34)29(14)21/h1-4,8H,5-7,9,21H2,(H,22,23)(H,26,34)(H,28,33)(H,31,32). The van der Waals surface area contributed by atoms with Crippen LogP contribution in [0.15, 0.2) is 34.8 Å². The van der Waals surface area contributed by atoms with E-state index < -0.39 is 5.97 Å². The van der Waals surface area contributed by atoms with Gasteiger partial charge in [-0.1, -0.05) is 23.4 Å². The number of hydrogen-bond acceptors (Lipinski definition) is 11. The number of carboxylic acids is 1. The Morgan fingerprint density at radius 1 is 1.25 bits per heavy atom. The number of H-pyrrole nitrogens is 1. The zero-order valence-electron chi connectivity index (χ0n) is 18.3. The van der Waals surface area contributed by atoms with Gasteiger partial charge in [0.1, 0.15) is 0 Å². The van der Waals surface area contributed by atoms with E-state index in [9.17, 15) is 9.59 Å². The molecule has 6 N–H and O–H groups in total. The fourth-order valence-corrected chi connectivity index (χ4v) is 4.72. The maximum absolute atomic E-state index is 12.9. The van der Waals surface area contributed by atoms with Crippen molar-refractivity contribution in [3.8, 4) is 0 Å². The fourth-order valence-electron chi connectivity index (χ4n) is 2.86. The number of halogens is 1. The summed E-state index contributed by atoms with van der Waals surface area (Å²) in [5, 5.41) is 30.2. The highest BCUT2D eigenvalue weighted by molar-refractivity contribution is 7.98. The summed E-state index contributed by atoms with van der Waals surface area (Å²) < 4.78 is 3.02. The number of nitrogens with one attached hydrogen (secondary N) is 3. The van der Waals surface area contributed by atoms with Crippen LogP contribution in [0, 0.1) is 4.77 Å². The van der Waals surface area contributed by atoms with Gasteiger partial charge in [-0.3, -0.25) is 20.1 Å². The van der Waals surface area contributed by atoms with Crippen molar-refractivity contribution in [2.24, 2.45) is 0 Å². The number of nitrogens with zero attached hydrogens (tertiary/aromatic N) is 6. The number of aromatic nitrogens is 7. The summed E-state index contributed by atoms with van der Waals surface area (Å²) in [6.45, 7) is 0.261. The van der Waals surface area contributed by atoms with Crippen LogP contribution in [-0.4, -0.2) is 58.3 Å². The summed E-state index contributed by atoms with van der Waals surface area (Å²) in [5.41, 5.74) is 3.89. The van der Waals surface area contributed by atoms with Gasteiger partial charge in [-0.05, 0) is 36.5 Å². The number of anilines is 1. The van der Waals surface area contributed by atoms with Crippen LogP contribution in [0.3, 0.4) is 0 Å². The first-order chi connectivity index (χ1) is 17.3. The van der Waals surface area contributed by atoms with Crippen LogP contribution in [0.2, 0.25) is 5.02 Å². The zero-order valence-corrected chi connectivity index (χ0v) is 21.5. The molecule has 0 fully saturated rings. The molecule has 0 saturated heterocycles. The maximum Gasteiger partial charge on any atom is 0.305 e. The highest BCUT2D eigenvalue weighted by Crippen LogP contribution is 2.23. The lowest BCUT2D eigenvalue weighted by Crippen LogP contribution is -2.25. The lowest BCUT2D eigenvalue weighted by molar-refractivity contribution is -0.136. The average molecular weight is 567 g/mol. The molecule has 1 amide bonds. The van der Waals surface area contributed by atoms with Crippen LogP contribution >= 0.6 is 46.9 Å². The zero-order chi connectivity index (χ0) is 25.7. The molecule has 4 aromatic rings. The normalized spacial score (nSPS) is 10.9. The Balaban J connectivity index is 1.54. The average Bonchev–Trinajstić information content (AvgIpc) is 3.54. The maximum atomic E-state index is 12.9. The molecule has 188 valence electrons. The molecular weight excluding hydrogens is 548 g/mol. The Hall–Kier alpha value is -3.47. The molecule has 3 heterocycles. The molecule has 0 aliphatic heterocycles. The van der Waals surface area contributed by atoms with Crippen molar-refractivity contribution in [2.45, 2.75) is 23.8 Å². The second kappa shape index (κ2) is 11.5. The Kier molecular flexibility index (Phi) is 8.19. The SMILES string of the molecule is Nn1c(CSc2nnc(Cc3csc(NCCC(=O)O)n3)n2NC(=O)c2ccc(Cl)cc2)n[nH]c1=S. The first-order valence-corrected chi connectivity index (χ1v) is 12.9. The number of rotatable bonds is 11. The number of nitrogens with two attached hydrogens (primary N) is 1. The molecule has 0 saturated carbocycles. The summed E-state index contributed by atoms with van der Waals surface area (Å²) in [5.74, 6) is 5.83. The molecule has 0 aliphatic carbocycles. The largest absolute Gasteiger partial charge is 0.481 e. The first-order valence-electron chi connectivity index (χ1n) is 10.3. The van der Waals surface area contributed by atoms with Gasteiger partial charge in [-0.25, -0.2) is 14.3 Å². The van der Waals surface area contributed by atoms with E-state index in [1.807, 2.05) is 5.38 Å². The number of carbonyl (C=O) groups is 2. The van der Waals surface area contributed by atoms with Gasteiger partial charge in [0.05, 0.1) is 24.3 Å². The second-order valence-electron chi connectivity index (χ2n) is 7.18. The third-order valence-electron chi connectivity index (χ3n) is 4.63. The van der Waals surface area contributed by atoms with E-state index in [2.05, 4.69) is 36.1 Å². The van der Waals surface area contributed by atoms with E-state index >= 15 is 0 Å². The number of thiazole rings is 1. The molecule has 1 aromatic carbocycles. The van der Waals surface area contributed by atoms with Crippen LogP contribution in [-0.2, 0) is 17.0 Å². The molecule has 17 heteroatoms. The van der Waals surface area contributed by atoms with Crippen molar-refractivity contribution in [1.82, 2.24) is 34.7 Å².